The van der Waals surface area contributed by atoms with Crippen LogP contribution in [0.3, 0.4) is 0 Å². The van der Waals surface area contributed by atoms with Crippen LogP contribution in [0.25, 0.3) is 28.6 Å². The van der Waals surface area contributed by atoms with Gasteiger partial charge < -0.3 is 19.4 Å². The van der Waals surface area contributed by atoms with Crippen molar-refractivity contribution in [1.82, 2.24) is 19.5 Å². The number of ether oxygens (including phenoxy) is 1. The average molecular weight is 483 g/mol. The number of fused-ring (bicyclic) bond motifs is 1. The Morgan fingerprint density at radius 2 is 1.97 bits per heavy atom. The summed E-state index contributed by atoms with van der Waals surface area (Å²) < 4.78 is 50.8. The maximum Gasteiger partial charge on any atom is 0.417 e. The van der Waals surface area contributed by atoms with Gasteiger partial charge in [-0.05, 0) is 24.3 Å². The summed E-state index contributed by atoms with van der Waals surface area (Å²) >= 11 is 12.2. The normalized spacial score (nSPS) is 12.7. The molecule has 32 heavy (non-hydrogen) atoms. The fourth-order valence-electron chi connectivity index (χ4n) is 2.74. The number of halogens is 5. The highest BCUT2D eigenvalue weighted by molar-refractivity contribution is 6.33. The Morgan fingerprint density at radius 3 is 2.66 bits per heavy atom. The van der Waals surface area contributed by atoms with Crippen LogP contribution in [0, 0.1) is 11.3 Å². The molecule has 2 N–H and O–H groups in total. The van der Waals surface area contributed by atoms with Crippen molar-refractivity contribution in [3.8, 4) is 34.8 Å². The van der Waals surface area contributed by atoms with Gasteiger partial charge in [0.1, 0.15) is 24.1 Å². The third-order valence-electron chi connectivity index (χ3n) is 4.26. The van der Waals surface area contributed by atoms with Gasteiger partial charge in [0.2, 0.25) is 5.82 Å². The van der Waals surface area contributed by atoms with Gasteiger partial charge in [-0.15, -0.1) is 0 Å². The van der Waals surface area contributed by atoms with Crippen LogP contribution in [-0.4, -0.2) is 32.2 Å². The lowest BCUT2D eigenvalue weighted by Crippen LogP contribution is -2.25. The van der Waals surface area contributed by atoms with Gasteiger partial charge in [0, 0.05) is 18.0 Å². The molecule has 164 valence electrons. The van der Waals surface area contributed by atoms with Crippen LogP contribution in [0.4, 0.5) is 13.2 Å². The van der Waals surface area contributed by atoms with Crippen LogP contribution in [0.15, 0.2) is 41.2 Å². The molecule has 13 heteroatoms. The Labute approximate surface area is 187 Å². The first kappa shape index (κ1) is 21.9. The molecule has 0 aliphatic carbocycles. The first-order valence-electron chi connectivity index (χ1n) is 8.83. The van der Waals surface area contributed by atoms with Crippen LogP contribution in [-0.2, 0) is 6.18 Å². The first-order chi connectivity index (χ1) is 15.2. The van der Waals surface area contributed by atoms with E-state index in [0.717, 1.165) is 16.7 Å². The molecule has 4 rings (SSSR count). The highest BCUT2D eigenvalue weighted by Gasteiger charge is 2.32. The van der Waals surface area contributed by atoms with E-state index in [1.807, 2.05) is 6.07 Å². The van der Waals surface area contributed by atoms with E-state index in [9.17, 15) is 13.2 Å². The van der Waals surface area contributed by atoms with E-state index in [0.29, 0.717) is 11.3 Å². The molecule has 0 saturated carbocycles. The molecular formula is C19H11Cl2F3N6O2. The fourth-order valence-corrected chi connectivity index (χ4v) is 3.25. The lowest BCUT2D eigenvalue weighted by atomic mass is 10.2. The van der Waals surface area contributed by atoms with Crippen molar-refractivity contribution < 1.29 is 22.4 Å². The summed E-state index contributed by atoms with van der Waals surface area (Å²) in [7, 11) is 0. The van der Waals surface area contributed by atoms with Crippen molar-refractivity contribution in [2.24, 2.45) is 5.73 Å². The Balaban J connectivity index is 1.62. The molecule has 0 bridgehead atoms. The zero-order chi connectivity index (χ0) is 23.0. The van der Waals surface area contributed by atoms with Crippen LogP contribution in [0.5, 0.6) is 5.75 Å². The SMILES string of the molecule is N#CC(N)COc1ccc(-c2noc(-c3cn4cc(C(F)(F)F)cc(Cl)c4n3)n2)c(Cl)c1. The Hall–Kier alpha value is -3.33. The van der Waals surface area contributed by atoms with Crippen molar-refractivity contribution in [3.05, 3.63) is 52.3 Å². The van der Waals surface area contributed by atoms with Crippen LogP contribution in [0.2, 0.25) is 10.0 Å². The predicted octanol–water partition coefficient (Wildman–Crippen LogP) is 4.61. The smallest absolute Gasteiger partial charge is 0.417 e. The second kappa shape index (κ2) is 8.31. The van der Waals surface area contributed by atoms with Gasteiger partial charge in [0.25, 0.3) is 5.89 Å². The van der Waals surface area contributed by atoms with E-state index in [1.54, 1.807) is 12.1 Å². The third kappa shape index (κ3) is 4.34. The van der Waals surface area contributed by atoms with Crippen molar-refractivity contribution >= 4 is 28.8 Å². The number of imidazole rings is 1. The van der Waals surface area contributed by atoms with Crippen LogP contribution >= 0.6 is 23.2 Å². The summed E-state index contributed by atoms with van der Waals surface area (Å²) in [4.78, 5) is 8.39. The van der Waals surface area contributed by atoms with Gasteiger partial charge in [-0.1, -0.05) is 28.4 Å². The molecule has 8 nitrogen and oxygen atoms in total. The van der Waals surface area contributed by atoms with E-state index in [2.05, 4.69) is 15.1 Å². The zero-order valence-corrected chi connectivity index (χ0v) is 17.3. The molecule has 3 aromatic heterocycles. The molecule has 1 aromatic carbocycles. The summed E-state index contributed by atoms with van der Waals surface area (Å²) in [6.07, 6.45) is -2.40. The topological polar surface area (TPSA) is 115 Å². The third-order valence-corrected chi connectivity index (χ3v) is 4.85. The summed E-state index contributed by atoms with van der Waals surface area (Å²) in [5.41, 5.74) is 5.21. The van der Waals surface area contributed by atoms with Gasteiger partial charge >= 0.3 is 6.18 Å². The van der Waals surface area contributed by atoms with Crippen LogP contribution in [0.1, 0.15) is 5.56 Å². The number of alkyl halides is 3. The summed E-state index contributed by atoms with van der Waals surface area (Å²) in [6, 6.07) is 6.53. The maximum absolute atomic E-state index is 13.0. The number of nitrogens with two attached hydrogens (primary N) is 1. The van der Waals surface area contributed by atoms with Gasteiger partial charge in [-0.25, -0.2) is 4.98 Å². The number of aromatic nitrogens is 4. The van der Waals surface area contributed by atoms with Gasteiger partial charge in [-0.2, -0.15) is 23.4 Å². The molecule has 3 heterocycles. The largest absolute Gasteiger partial charge is 0.491 e. The van der Waals surface area contributed by atoms with Crippen molar-refractivity contribution in [2.45, 2.75) is 12.2 Å². The van der Waals surface area contributed by atoms with E-state index >= 15 is 0 Å². The molecule has 0 aliphatic heterocycles. The maximum atomic E-state index is 13.0. The molecule has 0 radical (unpaired) electrons. The minimum Gasteiger partial charge on any atom is -0.491 e. The molecule has 1 unspecified atom stereocenters. The molecule has 0 fully saturated rings. The second-order valence-electron chi connectivity index (χ2n) is 6.54. The first-order valence-corrected chi connectivity index (χ1v) is 9.58. The fraction of sp³-hybridized carbons (Fsp3) is 0.158. The quantitative estimate of drug-likeness (QED) is 0.441. The molecule has 0 spiro atoms. The molecule has 0 aliphatic rings. The van der Waals surface area contributed by atoms with Gasteiger partial charge in [-0.3, -0.25) is 0 Å². The monoisotopic (exact) mass is 482 g/mol. The van der Waals surface area contributed by atoms with Crippen molar-refractivity contribution in [1.29, 1.82) is 5.26 Å². The summed E-state index contributed by atoms with van der Waals surface area (Å²) in [6.45, 7) is -0.00890. The summed E-state index contributed by atoms with van der Waals surface area (Å²) in [5.74, 6) is 0.484. The highest BCUT2D eigenvalue weighted by Crippen LogP contribution is 2.34. The molecule has 0 amide bonds. The molecule has 1 atom stereocenters. The Kier molecular flexibility index (Phi) is 5.68. The second-order valence-corrected chi connectivity index (χ2v) is 7.36. The molecule has 4 aromatic rings. The van der Waals surface area contributed by atoms with E-state index in [1.165, 1.54) is 12.3 Å². The molecule has 0 saturated heterocycles. The number of nitrogens with zero attached hydrogens (tertiary/aromatic N) is 5. The predicted molar refractivity (Wildman–Crippen MR) is 108 cm³/mol. The Morgan fingerprint density at radius 1 is 1.19 bits per heavy atom. The van der Waals surface area contributed by atoms with E-state index in [4.69, 9.17) is 43.5 Å². The zero-order valence-electron chi connectivity index (χ0n) is 15.8. The van der Waals surface area contributed by atoms with Gasteiger partial charge in [0.05, 0.1) is 21.7 Å². The van der Waals surface area contributed by atoms with Crippen molar-refractivity contribution in [2.75, 3.05) is 6.61 Å². The number of hydrogen-bond acceptors (Lipinski definition) is 7. The summed E-state index contributed by atoms with van der Waals surface area (Å²) in [5, 5.41) is 12.6. The number of rotatable bonds is 5. The lowest BCUT2D eigenvalue weighted by Gasteiger charge is -2.08. The Bertz CT molecular complexity index is 1350. The number of benzene rings is 1. The number of nitriles is 1. The standard InChI is InChI=1S/C19H11Cl2F3N6O2/c20-13-4-11(31-8-10(26)5-25)1-2-12(13)16-28-18(32-29-16)15-7-30-6-9(19(22,23)24)3-14(21)17(30)27-15/h1-4,6-7,10H,8,26H2. The van der Waals surface area contributed by atoms with E-state index < -0.39 is 17.8 Å². The van der Waals surface area contributed by atoms with Gasteiger partial charge in [0.15, 0.2) is 5.65 Å². The number of hydrogen-bond donors (Lipinski definition) is 1. The van der Waals surface area contributed by atoms with E-state index in [-0.39, 0.29) is 39.7 Å². The average Bonchev–Trinajstić information content (AvgIpc) is 3.38. The van der Waals surface area contributed by atoms with Crippen LogP contribution < -0.4 is 10.5 Å². The minimum atomic E-state index is -4.56. The minimum absolute atomic E-state index is 0.00890. The molecular weight excluding hydrogens is 472 g/mol. The highest BCUT2D eigenvalue weighted by atomic mass is 35.5. The number of pyridine rings is 1. The lowest BCUT2D eigenvalue weighted by molar-refractivity contribution is -0.137. The van der Waals surface area contributed by atoms with Crippen molar-refractivity contribution in [3.63, 3.8) is 0 Å².